The Morgan fingerprint density at radius 1 is 0.604 bits per heavy atom. The number of Topliss-reactive ketones (excluding diaryl/α,β-unsaturated/α-hetero) is 2. The third-order valence-electron chi connectivity index (χ3n) is 10.7. The van der Waals surface area contributed by atoms with Crippen molar-refractivity contribution >= 4 is 84.0 Å². The Balaban J connectivity index is 0.939. The monoisotopic (exact) mass is 723 g/mol. The van der Waals surface area contributed by atoms with Crippen LogP contribution in [0, 0.1) is 5.92 Å². The highest BCUT2D eigenvalue weighted by atomic mass is 31.2. The minimum atomic E-state index is -4.43. The van der Waals surface area contributed by atoms with Gasteiger partial charge in [-0.15, -0.1) is 0 Å². The molecule has 8 heteroatoms. The Kier molecular flexibility index (Phi) is 9.95. The molecule has 8 aromatic rings. The normalized spacial score (nSPS) is 13.9. The van der Waals surface area contributed by atoms with Crippen molar-refractivity contribution < 1.29 is 28.1 Å². The Morgan fingerprint density at radius 2 is 1.06 bits per heavy atom. The summed E-state index contributed by atoms with van der Waals surface area (Å²) in [5, 5.41) is 14.6. The van der Waals surface area contributed by atoms with Crippen LogP contribution in [0.5, 0.6) is 0 Å². The fraction of sp³-hybridized carbons (Fsp3) is 0.244. The van der Waals surface area contributed by atoms with Crippen LogP contribution in [0.3, 0.4) is 0 Å². The van der Waals surface area contributed by atoms with Gasteiger partial charge in [-0.3, -0.25) is 18.6 Å². The number of nitrogens with two attached hydrogens (primary N) is 1. The quantitative estimate of drug-likeness (QED) is 0.0710. The van der Waals surface area contributed by atoms with Crippen LogP contribution in [0.2, 0.25) is 0 Å². The first-order valence-electron chi connectivity index (χ1n) is 18.5. The topological polar surface area (TPSA) is 116 Å². The van der Waals surface area contributed by atoms with Crippen LogP contribution >= 0.6 is 7.82 Å². The molecule has 0 saturated heterocycles. The first-order valence-corrected chi connectivity index (χ1v) is 20.0. The predicted octanol–water partition coefficient (Wildman–Crippen LogP) is 10.1. The summed E-state index contributed by atoms with van der Waals surface area (Å²) in [5.74, 6) is -1.10. The summed E-state index contributed by atoms with van der Waals surface area (Å²) in [4.78, 5) is 37.3. The van der Waals surface area contributed by atoms with Crippen LogP contribution in [-0.2, 0) is 36.0 Å². The number of rotatable bonds is 17. The first-order chi connectivity index (χ1) is 25.8. The Bertz CT molecular complexity index is 2620. The van der Waals surface area contributed by atoms with Gasteiger partial charge in [0, 0.05) is 31.7 Å². The lowest BCUT2D eigenvalue weighted by molar-refractivity contribution is -0.129. The molecule has 0 aliphatic rings. The molecule has 0 aliphatic heterocycles. The SMILES string of the molecule is NCCOP(=O)(O)OC[C@@H](CC(=O)CCCc1ccc2ccc3cccc4ccc1c2c34)C(=O)CCCc1ccc2ccc3cccc4ccc1c2c34. The largest absolute Gasteiger partial charge is 0.472 e. The lowest BCUT2D eigenvalue weighted by Gasteiger charge is -2.18. The zero-order valence-corrected chi connectivity index (χ0v) is 30.4. The molecule has 7 nitrogen and oxygen atoms in total. The standard InChI is InChI=1S/C45H42NO6P/c46-25-26-51-53(49,50)52-28-37(41(48)12-4-6-30-14-16-36-20-18-32-8-2-10-34-22-24-40(30)45(36)43(32)34)27-38(47)11-3-5-29-13-15-35-19-17-31-7-1-9-33-21-23-39(29)44(35)42(31)33/h1-2,7-10,13-24,37H,3-6,11-12,25-28,46H2,(H,49,50)/t37-/m1/s1. The molecule has 53 heavy (non-hydrogen) atoms. The molecule has 0 radical (unpaired) electrons. The van der Waals surface area contributed by atoms with Gasteiger partial charge in [0.1, 0.15) is 11.6 Å². The van der Waals surface area contributed by atoms with Crippen molar-refractivity contribution in [2.45, 2.75) is 44.9 Å². The fourth-order valence-corrected chi connectivity index (χ4v) is 8.97. The van der Waals surface area contributed by atoms with E-state index in [0.29, 0.717) is 25.7 Å². The molecule has 3 N–H and O–H groups in total. The molecule has 0 aliphatic carbocycles. The van der Waals surface area contributed by atoms with Crippen LogP contribution in [0.4, 0.5) is 0 Å². The van der Waals surface area contributed by atoms with Crippen LogP contribution in [0.15, 0.2) is 109 Å². The number of carbonyl (C=O) groups is 2. The van der Waals surface area contributed by atoms with Gasteiger partial charge < -0.3 is 10.6 Å². The third kappa shape index (κ3) is 7.16. The van der Waals surface area contributed by atoms with Crippen molar-refractivity contribution in [2.75, 3.05) is 19.8 Å². The zero-order chi connectivity index (χ0) is 36.5. The van der Waals surface area contributed by atoms with Gasteiger partial charge in [-0.05, 0) is 101 Å². The number of aryl methyl sites for hydroxylation is 2. The highest BCUT2D eigenvalue weighted by Crippen LogP contribution is 2.44. The van der Waals surface area contributed by atoms with Gasteiger partial charge in [0.15, 0.2) is 0 Å². The minimum Gasteiger partial charge on any atom is -0.328 e. The molecule has 0 saturated carbocycles. The van der Waals surface area contributed by atoms with Crippen LogP contribution in [0.25, 0.3) is 64.6 Å². The maximum atomic E-state index is 13.7. The Labute approximate surface area is 308 Å². The van der Waals surface area contributed by atoms with Gasteiger partial charge in [0.05, 0.1) is 13.2 Å². The van der Waals surface area contributed by atoms with Crippen molar-refractivity contribution in [3.05, 3.63) is 120 Å². The number of hydrogen-bond acceptors (Lipinski definition) is 6. The second-order valence-corrected chi connectivity index (χ2v) is 15.6. The average molecular weight is 724 g/mol. The summed E-state index contributed by atoms with van der Waals surface area (Å²) < 4.78 is 22.6. The second kappa shape index (κ2) is 14.9. The van der Waals surface area contributed by atoms with Gasteiger partial charge in [-0.25, -0.2) is 4.57 Å². The van der Waals surface area contributed by atoms with Crippen molar-refractivity contribution in [3.63, 3.8) is 0 Å². The van der Waals surface area contributed by atoms with Crippen molar-refractivity contribution in [2.24, 2.45) is 11.7 Å². The Morgan fingerprint density at radius 3 is 1.57 bits per heavy atom. The van der Waals surface area contributed by atoms with Crippen LogP contribution in [0.1, 0.15) is 43.2 Å². The van der Waals surface area contributed by atoms with Gasteiger partial charge >= 0.3 is 7.82 Å². The number of ketones is 2. The predicted molar refractivity (Wildman–Crippen MR) is 215 cm³/mol. The van der Waals surface area contributed by atoms with Gasteiger partial charge in [-0.1, -0.05) is 109 Å². The van der Waals surface area contributed by atoms with E-state index in [1.54, 1.807) is 0 Å². The molecular formula is C45H42NO6P. The van der Waals surface area contributed by atoms with Crippen molar-refractivity contribution in [1.29, 1.82) is 0 Å². The smallest absolute Gasteiger partial charge is 0.328 e. The fourth-order valence-electron chi connectivity index (χ4n) is 8.19. The molecule has 268 valence electrons. The summed E-state index contributed by atoms with van der Waals surface area (Å²) in [5.41, 5.74) is 7.78. The van der Waals surface area contributed by atoms with Crippen LogP contribution < -0.4 is 5.73 Å². The molecule has 0 heterocycles. The van der Waals surface area contributed by atoms with E-state index in [-0.39, 0.29) is 50.6 Å². The molecular weight excluding hydrogens is 681 g/mol. The van der Waals surface area contributed by atoms with E-state index in [4.69, 9.17) is 14.8 Å². The number of benzene rings is 8. The lowest BCUT2D eigenvalue weighted by atomic mass is 9.89. The van der Waals surface area contributed by atoms with E-state index in [0.717, 1.165) is 5.56 Å². The van der Waals surface area contributed by atoms with E-state index in [9.17, 15) is 19.0 Å². The maximum absolute atomic E-state index is 13.7. The van der Waals surface area contributed by atoms with Crippen LogP contribution in [-0.4, -0.2) is 36.2 Å². The van der Waals surface area contributed by atoms with E-state index in [2.05, 4.69) is 109 Å². The summed E-state index contributed by atoms with van der Waals surface area (Å²) in [6.45, 7) is -0.492. The summed E-state index contributed by atoms with van der Waals surface area (Å²) >= 11 is 0. The number of phosphoric acid groups is 1. The maximum Gasteiger partial charge on any atom is 0.472 e. The second-order valence-electron chi connectivity index (χ2n) is 14.2. The first kappa shape index (κ1) is 35.3. The molecule has 0 aromatic heterocycles. The van der Waals surface area contributed by atoms with E-state index in [1.165, 1.54) is 70.2 Å². The number of hydrogen-bond donors (Lipinski definition) is 2. The number of carbonyl (C=O) groups excluding carboxylic acids is 2. The van der Waals surface area contributed by atoms with Gasteiger partial charge in [0.2, 0.25) is 0 Å². The van der Waals surface area contributed by atoms with Crippen molar-refractivity contribution in [1.82, 2.24) is 0 Å². The van der Waals surface area contributed by atoms with Gasteiger partial charge in [-0.2, -0.15) is 0 Å². The summed E-state index contributed by atoms with van der Waals surface area (Å²) in [7, 11) is -4.43. The molecule has 2 atom stereocenters. The molecule has 0 bridgehead atoms. The molecule has 0 fully saturated rings. The highest BCUT2D eigenvalue weighted by Gasteiger charge is 2.28. The molecule has 0 amide bonds. The molecule has 8 aromatic carbocycles. The third-order valence-corrected chi connectivity index (χ3v) is 11.7. The summed E-state index contributed by atoms with van der Waals surface area (Å²) in [6.07, 6.45) is 3.03. The van der Waals surface area contributed by atoms with E-state index >= 15 is 0 Å². The average Bonchev–Trinajstić information content (AvgIpc) is 3.17. The van der Waals surface area contributed by atoms with Crippen molar-refractivity contribution in [3.8, 4) is 0 Å². The van der Waals surface area contributed by atoms with Gasteiger partial charge in [0.25, 0.3) is 0 Å². The molecule has 8 rings (SSSR count). The molecule has 1 unspecified atom stereocenters. The highest BCUT2D eigenvalue weighted by molar-refractivity contribution is 7.47. The Hall–Kier alpha value is -4.75. The lowest BCUT2D eigenvalue weighted by Crippen LogP contribution is -2.24. The minimum absolute atomic E-state index is 0.0455. The zero-order valence-electron chi connectivity index (χ0n) is 29.6. The summed E-state index contributed by atoms with van der Waals surface area (Å²) in [6, 6.07) is 38.6. The number of phosphoric ester groups is 1. The van der Waals surface area contributed by atoms with E-state index in [1.807, 2.05) is 0 Å². The molecule has 0 spiro atoms. The van der Waals surface area contributed by atoms with E-state index < -0.39 is 13.7 Å².